The summed E-state index contributed by atoms with van der Waals surface area (Å²) in [5.74, 6) is 2.57. The summed E-state index contributed by atoms with van der Waals surface area (Å²) in [6.45, 7) is 1.91. The van der Waals surface area contributed by atoms with Crippen molar-refractivity contribution in [1.82, 2.24) is 5.16 Å². The summed E-state index contributed by atoms with van der Waals surface area (Å²) in [6, 6.07) is 7.63. The summed E-state index contributed by atoms with van der Waals surface area (Å²) in [7, 11) is 0. The third kappa shape index (κ3) is 3.66. The van der Waals surface area contributed by atoms with Gasteiger partial charge in [0.2, 0.25) is 0 Å². The van der Waals surface area contributed by atoms with Gasteiger partial charge >= 0.3 is 0 Å². The molecule has 0 bridgehead atoms. The standard InChI is InChI=1S/C12H11Cl2NOS/c1-8-4-10(16-15-8)7-17-6-9-2-3-11(13)12(14)5-9/h2-5H,6-7H2,1H3. The molecule has 0 aliphatic rings. The van der Waals surface area contributed by atoms with Crippen molar-refractivity contribution in [1.29, 1.82) is 0 Å². The van der Waals surface area contributed by atoms with Crippen molar-refractivity contribution in [2.24, 2.45) is 0 Å². The Kier molecular flexibility index (Phi) is 4.37. The van der Waals surface area contributed by atoms with E-state index >= 15 is 0 Å². The lowest BCUT2D eigenvalue weighted by Crippen LogP contribution is -1.82. The third-order valence-corrected chi connectivity index (χ3v) is 3.94. The Hall–Kier alpha value is -0.640. The number of aryl methyl sites for hydroxylation is 1. The van der Waals surface area contributed by atoms with Crippen LogP contribution in [0.3, 0.4) is 0 Å². The largest absolute Gasteiger partial charge is 0.360 e. The summed E-state index contributed by atoms with van der Waals surface area (Å²) in [6.07, 6.45) is 0. The summed E-state index contributed by atoms with van der Waals surface area (Å²) in [4.78, 5) is 0. The molecule has 2 rings (SSSR count). The van der Waals surface area contributed by atoms with E-state index < -0.39 is 0 Å². The molecule has 0 atom stereocenters. The molecular weight excluding hydrogens is 277 g/mol. The van der Waals surface area contributed by atoms with Crippen molar-refractivity contribution >= 4 is 35.0 Å². The van der Waals surface area contributed by atoms with Gasteiger partial charge in [-0.3, -0.25) is 0 Å². The first-order valence-electron chi connectivity index (χ1n) is 5.09. The Bertz CT molecular complexity index is 513. The minimum atomic E-state index is 0.589. The first kappa shape index (κ1) is 12.8. The van der Waals surface area contributed by atoms with Crippen molar-refractivity contribution in [2.45, 2.75) is 18.4 Å². The fourth-order valence-electron chi connectivity index (χ4n) is 1.38. The molecule has 0 aliphatic heterocycles. The highest BCUT2D eigenvalue weighted by atomic mass is 35.5. The van der Waals surface area contributed by atoms with E-state index in [0.29, 0.717) is 10.0 Å². The summed E-state index contributed by atoms with van der Waals surface area (Å²) < 4.78 is 5.13. The van der Waals surface area contributed by atoms with Crippen LogP contribution in [0.15, 0.2) is 28.8 Å². The number of hydrogen-bond acceptors (Lipinski definition) is 3. The number of rotatable bonds is 4. The molecule has 1 heterocycles. The van der Waals surface area contributed by atoms with E-state index in [0.717, 1.165) is 28.5 Å². The normalized spacial score (nSPS) is 10.8. The van der Waals surface area contributed by atoms with E-state index in [9.17, 15) is 0 Å². The van der Waals surface area contributed by atoms with Crippen LogP contribution in [0.4, 0.5) is 0 Å². The second-order valence-corrected chi connectivity index (χ2v) is 5.48. The first-order valence-corrected chi connectivity index (χ1v) is 7.00. The van der Waals surface area contributed by atoms with Crippen LogP contribution < -0.4 is 0 Å². The fourth-order valence-corrected chi connectivity index (χ4v) is 2.56. The summed E-state index contributed by atoms with van der Waals surface area (Å²) >= 11 is 13.5. The lowest BCUT2D eigenvalue weighted by molar-refractivity contribution is 0.391. The van der Waals surface area contributed by atoms with Gasteiger partial charge < -0.3 is 4.52 Å². The minimum absolute atomic E-state index is 0.589. The van der Waals surface area contributed by atoms with Crippen LogP contribution in [0.5, 0.6) is 0 Å². The SMILES string of the molecule is Cc1cc(CSCc2ccc(Cl)c(Cl)c2)on1. The van der Waals surface area contributed by atoms with Gasteiger partial charge in [0.25, 0.3) is 0 Å². The van der Waals surface area contributed by atoms with Gasteiger partial charge in [0.15, 0.2) is 0 Å². The van der Waals surface area contributed by atoms with E-state index in [1.54, 1.807) is 11.8 Å². The summed E-state index contributed by atoms with van der Waals surface area (Å²) in [5, 5.41) is 5.03. The third-order valence-electron chi connectivity index (χ3n) is 2.17. The van der Waals surface area contributed by atoms with Crippen molar-refractivity contribution in [3.05, 3.63) is 51.3 Å². The summed E-state index contributed by atoms with van der Waals surface area (Å²) in [5.41, 5.74) is 2.07. The topological polar surface area (TPSA) is 26.0 Å². The number of thioether (sulfide) groups is 1. The number of halogens is 2. The van der Waals surface area contributed by atoms with E-state index in [2.05, 4.69) is 5.16 Å². The fraction of sp³-hybridized carbons (Fsp3) is 0.250. The molecule has 0 N–H and O–H groups in total. The van der Waals surface area contributed by atoms with Gasteiger partial charge in [0, 0.05) is 11.8 Å². The highest BCUT2D eigenvalue weighted by Gasteiger charge is 2.03. The molecule has 0 fully saturated rings. The molecule has 0 aliphatic carbocycles. The number of benzene rings is 1. The smallest absolute Gasteiger partial charge is 0.146 e. The lowest BCUT2D eigenvalue weighted by Gasteiger charge is -2.02. The minimum Gasteiger partial charge on any atom is -0.360 e. The lowest BCUT2D eigenvalue weighted by atomic mass is 10.2. The van der Waals surface area contributed by atoms with Crippen molar-refractivity contribution < 1.29 is 4.52 Å². The second kappa shape index (κ2) is 5.80. The zero-order valence-electron chi connectivity index (χ0n) is 9.24. The van der Waals surface area contributed by atoms with Crippen LogP contribution in [0.2, 0.25) is 10.0 Å². The molecular formula is C12H11Cl2NOS. The number of hydrogen-bond donors (Lipinski definition) is 0. The van der Waals surface area contributed by atoms with Gasteiger partial charge in [0.05, 0.1) is 21.5 Å². The zero-order chi connectivity index (χ0) is 12.3. The molecule has 5 heteroatoms. The highest BCUT2D eigenvalue weighted by Crippen LogP contribution is 2.25. The number of nitrogens with zero attached hydrogens (tertiary/aromatic N) is 1. The second-order valence-electron chi connectivity index (χ2n) is 3.68. The molecule has 2 nitrogen and oxygen atoms in total. The molecule has 0 radical (unpaired) electrons. The van der Waals surface area contributed by atoms with Crippen molar-refractivity contribution in [3.63, 3.8) is 0 Å². The van der Waals surface area contributed by atoms with E-state index in [1.165, 1.54) is 0 Å². The maximum Gasteiger partial charge on any atom is 0.146 e. The molecule has 0 spiro atoms. The zero-order valence-corrected chi connectivity index (χ0v) is 11.6. The molecule has 1 aromatic carbocycles. The molecule has 0 amide bonds. The van der Waals surface area contributed by atoms with E-state index in [1.807, 2.05) is 31.2 Å². The molecule has 90 valence electrons. The van der Waals surface area contributed by atoms with Crippen LogP contribution in [0, 0.1) is 6.92 Å². The Morgan fingerprint density at radius 1 is 1.18 bits per heavy atom. The average Bonchev–Trinajstić information content (AvgIpc) is 2.70. The van der Waals surface area contributed by atoms with Crippen LogP contribution in [0.1, 0.15) is 17.0 Å². The van der Waals surface area contributed by atoms with E-state index in [4.69, 9.17) is 27.7 Å². The molecule has 2 aromatic rings. The maximum atomic E-state index is 5.94. The van der Waals surface area contributed by atoms with Crippen LogP contribution in [-0.2, 0) is 11.5 Å². The predicted molar refractivity (Wildman–Crippen MR) is 72.7 cm³/mol. The van der Waals surface area contributed by atoms with Gasteiger partial charge in [-0.25, -0.2) is 0 Å². The molecule has 0 unspecified atom stereocenters. The first-order chi connectivity index (χ1) is 8.15. The van der Waals surface area contributed by atoms with Crippen LogP contribution in [0.25, 0.3) is 0 Å². The Morgan fingerprint density at radius 2 is 2.00 bits per heavy atom. The van der Waals surface area contributed by atoms with Crippen LogP contribution >= 0.6 is 35.0 Å². The van der Waals surface area contributed by atoms with Crippen molar-refractivity contribution in [2.75, 3.05) is 0 Å². The molecule has 17 heavy (non-hydrogen) atoms. The molecule has 0 saturated heterocycles. The maximum absolute atomic E-state index is 5.94. The van der Waals surface area contributed by atoms with Gasteiger partial charge in [-0.2, -0.15) is 0 Å². The monoisotopic (exact) mass is 287 g/mol. The van der Waals surface area contributed by atoms with Gasteiger partial charge in [-0.05, 0) is 24.6 Å². The van der Waals surface area contributed by atoms with E-state index in [-0.39, 0.29) is 0 Å². The highest BCUT2D eigenvalue weighted by molar-refractivity contribution is 7.97. The van der Waals surface area contributed by atoms with Gasteiger partial charge in [0.1, 0.15) is 5.76 Å². The Morgan fingerprint density at radius 3 is 2.65 bits per heavy atom. The predicted octanol–water partition coefficient (Wildman–Crippen LogP) is 4.72. The van der Waals surface area contributed by atoms with Gasteiger partial charge in [-0.15, -0.1) is 11.8 Å². The van der Waals surface area contributed by atoms with Crippen molar-refractivity contribution in [3.8, 4) is 0 Å². The quantitative estimate of drug-likeness (QED) is 0.814. The molecule has 1 aromatic heterocycles. The Labute approximate surface area is 114 Å². The molecule has 0 saturated carbocycles. The number of aromatic nitrogens is 1. The van der Waals surface area contributed by atoms with Gasteiger partial charge in [-0.1, -0.05) is 34.4 Å². The average molecular weight is 288 g/mol. The Balaban J connectivity index is 1.87. The van der Waals surface area contributed by atoms with Crippen LogP contribution in [-0.4, -0.2) is 5.16 Å².